The third-order valence-corrected chi connectivity index (χ3v) is 9.11. The molecule has 0 radical (unpaired) electrons. The van der Waals surface area contributed by atoms with Gasteiger partial charge in [0.05, 0.1) is 18.5 Å². The Kier molecular flexibility index (Phi) is 6.83. The van der Waals surface area contributed by atoms with Gasteiger partial charge in [0.25, 0.3) is 0 Å². The van der Waals surface area contributed by atoms with E-state index in [2.05, 4.69) is 5.32 Å². The summed E-state index contributed by atoms with van der Waals surface area (Å²) in [7, 11) is -4.31. The first-order valence-electron chi connectivity index (χ1n) is 8.29. The number of carbonyl (C=O) groups is 1. The van der Waals surface area contributed by atoms with Crippen molar-refractivity contribution in [2.24, 2.45) is 0 Å². The highest BCUT2D eigenvalue weighted by Crippen LogP contribution is 2.74. The van der Waals surface area contributed by atoms with Crippen molar-refractivity contribution in [3.8, 4) is 0 Å². The summed E-state index contributed by atoms with van der Waals surface area (Å²) < 4.78 is 46.5. The number of hydrogen-bond acceptors (Lipinski definition) is 7. The van der Waals surface area contributed by atoms with Gasteiger partial charge in [-0.05, 0) is 38.0 Å². The lowest BCUT2D eigenvalue weighted by Crippen LogP contribution is -2.33. The molecular weight excluding hydrogens is 380 g/mol. The van der Waals surface area contributed by atoms with Gasteiger partial charge in [0.2, 0.25) is 6.41 Å². The van der Waals surface area contributed by atoms with E-state index >= 15 is 0 Å². The van der Waals surface area contributed by atoms with Crippen molar-refractivity contribution in [2.75, 3.05) is 27.4 Å². The molecule has 1 aliphatic carbocycles. The second-order valence-corrected chi connectivity index (χ2v) is 10.3. The molecule has 1 amide bonds. The summed E-state index contributed by atoms with van der Waals surface area (Å²) >= 11 is 0. The molecule has 2 atom stereocenters. The highest BCUT2D eigenvalue weighted by molar-refractivity contribution is 7.62. The molecular formula is C16H25NO7P2. The number of benzene rings is 1. The zero-order valence-electron chi connectivity index (χ0n) is 15.3. The Balaban J connectivity index is 2.30. The Morgan fingerprint density at radius 1 is 1.12 bits per heavy atom. The summed E-state index contributed by atoms with van der Waals surface area (Å²) in [6, 6.07) is 6.84. The van der Waals surface area contributed by atoms with Gasteiger partial charge in [0.1, 0.15) is 5.28 Å². The zero-order valence-corrected chi connectivity index (χ0v) is 17.1. The minimum atomic E-state index is -3.52. The first-order valence-corrected chi connectivity index (χ1v) is 11.4. The highest BCUT2D eigenvalue weighted by atomic mass is 31.2. The van der Waals surface area contributed by atoms with Gasteiger partial charge >= 0.3 is 15.2 Å². The Morgan fingerprint density at radius 3 is 2.08 bits per heavy atom. The van der Waals surface area contributed by atoms with Crippen LogP contribution < -0.4 is 10.6 Å². The molecule has 0 aliphatic heterocycles. The summed E-state index contributed by atoms with van der Waals surface area (Å²) in [5.74, 6) is -0.244. The topological polar surface area (TPSA) is 100 Å². The normalized spacial score (nSPS) is 22.8. The van der Waals surface area contributed by atoms with Crippen LogP contribution in [0.1, 0.15) is 31.7 Å². The van der Waals surface area contributed by atoms with Crippen LogP contribution in [0.5, 0.6) is 0 Å². The van der Waals surface area contributed by atoms with E-state index in [-0.39, 0.29) is 19.1 Å². The number of nitrogens with one attached hydrogen (secondary N) is 1. The van der Waals surface area contributed by atoms with Crippen LogP contribution >= 0.6 is 15.2 Å². The van der Waals surface area contributed by atoms with Crippen LogP contribution in [0.15, 0.2) is 24.3 Å². The van der Waals surface area contributed by atoms with Gasteiger partial charge in [0.15, 0.2) is 0 Å². The van der Waals surface area contributed by atoms with Crippen molar-refractivity contribution in [2.45, 2.75) is 31.5 Å². The van der Waals surface area contributed by atoms with Crippen LogP contribution in [0, 0.1) is 0 Å². The fourth-order valence-electron chi connectivity index (χ4n) is 3.10. The van der Waals surface area contributed by atoms with E-state index in [1.807, 2.05) is 0 Å². The maximum absolute atomic E-state index is 12.9. The maximum atomic E-state index is 12.9. The molecule has 0 unspecified atom stereocenters. The van der Waals surface area contributed by atoms with Gasteiger partial charge in [-0.3, -0.25) is 13.9 Å². The number of amides is 1. The van der Waals surface area contributed by atoms with Crippen molar-refractivity contribution in [3.63, 3.8) is 0 Å². The second kappa shape index (κ2) is 8.34. The average Bonchev–Trinajstić information content (AvgIpc) is 3.38. The molecule has 1 N–H and O–H groups in total. The molecule has 1 saturated carbocycles. The fraction of sp³-hybridized carbons (Fsp3) is 0.562. The van der Waals surface area contributed by atoms with E-state index in [4.69, 9.17) is 18.1 Å². The van der Waals surface area contributed by atoms with Gasteiger partial charge in [-0.2, -0.15) is 0 Å². The molecule has 0 heterocycles. The minimum Gasteiger partial charge on any atom is -0.342 e. The molecule has 0 saturated heterocycles. The Bertz CT molecular complexity index is 706. The van der Waals surface area contributed by atoms with Crippen molar-refractivity contribution in [3.05, 3.63) is 29.8 Å². The monoisotopic (exact) mass is 405 g/mol. The molecule has 10 heteroatoms. The smallest absolute Gasteiger partial charge is 0.342 e. The van der Waals surface area contributed by atoms with Crippen LogP contribution in [-0.4, -0.2) is 39.1 Å². The van der Waals surface area contributed by atoms with Gasteiger partial charge in [-0.1, -0.05) is 12.1 Å². The van der Waals surface area contributed by atoms with E-state index in [1.165, 1.54) is 14.2 Å². The summed E-state index contributed by atoms with van der Waals surface area (Å²) in [5.41, 5.74) is 0.817. The molecule has 0 spiro atoms. The lowest BCUT2D eigenvalue weighted by Gasteiger charge is -2.25. The molecule has 2 rings (SSSR count). The molecule has 0 bridgehead atoms. The summed E-state index contributed by atoms with van der Waals surface area (Å²) in [5, 5.41) is 1.96. The molecule has 1 aliphatic rings. The van der Waals surface area contributed by atoms with Gasteiger partial charge in [-0.25, -0.2) is 0 Å². The molecule has 1 aromatic rings. The quantitative estimate of drug-likeness (QED) is 0.446. The lowest BCUT2D eigenvalue weighted by molar-refractivity contribution is -0.110. The third-order valence-electron chi connectivity index (χ3n) is 4.42. The SMILES string of the molecule is CCOP(=O)(OCC)c1ccc([C@H]2C[C@@]2(NC=O)P(=O)(OC)OC)cc1. The van der Waals surface area contributed by atoms with Gasteiger partial charge < -0.3 is 23.4 Å². The van der Waals surface area contributed by atoms with Crippen LogP contribution in [-0.2, 0) is 32.0 Å². The molecule has 8 nitrogen and oxygen atoms in total. The van der Waals surface area contributed by atoms with E-state index in [1.54, 1.807) is 38.1 Å². The Labute approximate surface area is 153 Å². The largest absolute Gasteiger partial charge is 0.361 e. The van der Waals surface area contributed by atoms with Crippen molar-refractivity contribution >= 4 is 26.9 Å². The summed E-state index contributed by atoms with van der Waals surface area (Å²) in [6.45, 7) is 4.02. The zero-order chi connectivity index (χ0) is 19.4. The van der Waals surface area contributed by atoms with E-state index in [0.29, 0.717) is 18.1 Å². The van der Waals surface area contributed by atoms with E-state index in [9.17, 15) is 13.9 Å². The summed E-state index contributed by atoms with van der Waals surface area (Å²) in [6.07, 6.45) is 0.913. The van der Waals surface area contributed by atoms with Crippen molar-refractivity contribution in [1.82, 2.24) is 5.32 Å². The van der Waals surface area contributed by atoms with Crippen molar-refractivity contribution in [1.29, 1.82) is 0 Å². The third kappa shape index (κ3) is 3.68. The lowest BCUT2D eigenvalue weighted by atomic mass is 10.1. The number of hydrogen-bond donors (Lipinski definition) is 1. The molecule has 0 aromatic heterocycles. The standard InChI is InChI=1S/C16H25NO7P2/c1-5-23-25(19,24-6-2)14-9-7-13(8-10-14)15-11-16(15,17-12-18)26(20,21-3)22-4/h7-10,12,15H,5-6,11H2,1-4H3,(H,17,18)/t15-,16-/m1/s1. The molecule has 1 fully saturated rings. The Hall–Kier alpha value is -1.01. The van der Waals surface area contributed by atoms with Crippen LogP contribution in [0.2, 0.25) is 0 Å². The predicted molar refractivity (Wildman–Crippen MR) is 97.8 cm³/mol. The van der Waals surface area contributed by atoms with E-state index in [0.717, 1.165) is 5.56 Å². The molecule has 26 heavy (non-hydrogen) atoms. The first-order chi connectivity index (χ1) is 12.4. The second-order valence-electron chi connectivity index (χ2n) is 5.73. The van der Waals surface area contributed by atoms with Crippen LogP contribution in [0.3, 0.4) is 0 Å². The Morgan fingerprint density at radius 2 is 1.65 bits per heavy atom. The first kappa shape index (κ1) is 21.3. The summed E-state index contributed by atoms with van der Waals surface area (Å²) in [4.78, 5) is 11.0. The minimum absolute atomic E-state index is 0.244. The molecule has 1 aromatic carbocycles. The fourth-order valence-corrected chi connectivity index (χ4v) is 6.62. The van der Waals surface area contributed by atoms with Gasteiger partial charge in [0, 0.05) is 20.1 Å². The van der Waals surface area contributed by atoms with Gasteiger partial charge in [-0.15, -0.1) is 0 Å². The number of rotatable bonds is 11. The average molecular weight is 405 g/mol. The maximum Gasteiger partial charge on any atom is 0.361 e. The van der Waals surface area contributed by atoms with E-state index < -0.39 is 20.5 Å². The van der Waals surface area contributed by atoms with Crippen molar-refractivity contribution < 1.29 is 32.0 Å². The predicted octanol–water partition coefficient (Wildman–Crippen LogP) is 2.99. The molecule has 146 valence electrons. The van der Waals surface area contributed by atoms with Crippen LogP contribution in [0.4, 0.5) is 0 Å². The van der Waals surface area contributed by atoms with Crippen LogP contribution in [0.25, 0.3) is 0 Å². The highest BCUT2D eigenvalue weighted by Gasteiger charge is 2.68. The number of carbonyl (C=O) groups excluding carboxylic acids is 1.